The van der Waals surface area contributed by atoms with E-state index in [9.17, 15) is 0 Å². The molecular formula is C9H20O4Si. The molecule has 1 aliphatic heterocycles. The largest absolute Gasteiger partial charge is 0.399 e. The van der Waals surface area contributed by atoms with Crippen LogP contribution in [0.5, 0.6) is 0 Å². The van der Waals surface area contributed by atoms with Crippen molar-refractivity contribution in [2.24, 2.45) is 0 Å². The lowest BCUT2D eigenvalue weighted by molar-refractivity contribution is -0.0229. The van der Waals surface area contributed by atoms with E-state index < -0.39 is 14.0 Å². The summed E-state index contributed by atoms with van der Waals surface area (Å²) >= 11 is 0. The van der Waals surface area contributed by atoms with Crippen LogP contribution < -0.4 is 0 Å². The molecule has 0 amide bonds. The minimum Gasteiger partial charge on any atom is -0.395 e. The highest BCUT2D eigenvalue weighted by atomic mass is 28.4. The van der Waals surface area contributed by atoms with Crippen LogP contribution in [0, 0.1) is 0 Å². The SMILES string of the molecule is CCCOC1([Si](C)(OC)OC)OC1C. The molecule has 0 aromatic heterocycles. The zero-order chi connectivity index (χ0) is 10.8. The van der Waals surface area contributed by atoms with E-state index in [0.29, 0.717) is 6.61 Å². The molecule has 0 saturated carbocycles. The molecule has 0 N–H and O–H groups in total. The Morgan fingerprint density at radius 3 is 2.14 bits per heavy atom. The molecule has 1 saturated heterocycles. The molecule has 2 unspecified atom stereocenters. The summed E-state index contributed by atoms with van der Waals surface area (Å²) in [5, 5.41) is 0. The quantitative estimate of drug-likeness (QED) is 0.501. The summed E-state index contributed by atoms with van der Waals surface area (Å²) in [6.07, 6.45) is 1.04. The standard InChI is InChI=1S/C9H20O4Si/c1-6-7-12-9(8(2)13-9)14(5,10-3)11-4/h8H,6-7H2,1-5H3. The summed E-state index contributed by atoms with van der Waals surface area (Å²) in [5.74, 6) is 0. The number of hydrogen-bond acceptors (Lipinski definition) is 4. The van der Waals surface area contributed by atoms with Gasteiger partial charge in [0.2, 0.25) is 5.41 Å². The van der Waals surface area contributed by atoms with E-state index in [1.165, 1.54) is 0 Å². The molecule has 1 fully saturated rings. The fraction of sp³-hybridized carbons (Fsp3) is 1.00. The second kappa shape index (κ2) is 4.28. The normalized spacial score (nSPS) is 31.9. The van der Waals surface area contributed by atoms with Gasteiger partial charge in [-0.3, -0.25) is 0 Å². The van der Waals surface area contributed by atoms with Crippen molar-refractivity contribution in [3.05, 3.63) is 0 Å². The first kappa shape index (κ1) is 12.1. The van der Waals surface area contributed by atoms with Gasteiger partial charge in [0.25, 0.3) is 0 Å². The lowest BCUT2D eigenvalue weighted by Gasteiger charge is -2.29. The molecule has 84 valence electrons. The highest BCUT2D eigenvalue weighted by molar-refractivity contribution is 6.69. The lowest BCUT2D eigenvalue weighted by Crippen LogP contribution is -2.55. The molecule has 2 atom stereocenters. The third kappa shape index (κ3) is 1.75. The maximum absolute atomic E-state index is 5.74. The smallest absolute Gasteiger partial charge is 0.395 e. The fourth-order valence-electron chi connectivity index (χ4n) is 1.61. The van der Waals surface area contributed by atoms with E-state index in [2.05, 4.69) is 6.92 Å². The van der Waals surface area contributed by atoms with Gasteiger partial charge in [0.05, 0.1) is 0 Å². The van der Waals surface area contributed by atoms with Gasteiger partial charge in [0, 0.05) is 20.8 Å². The van der Waals surface area contributed by atoms with Gasteiger partial charge in [-0.1, -0.05) is 6.92 Å². The van der Waals surface area contributed by atoms with Crippen LogP contribution in [0.4, 0.5) is 0 Å². The van der Waals surface area contributed by atoms with Crippen LogP contribution in [-0.4, -0.2) is 40.9 Å². The Labute approximate surface area is 86.7 Å². The Balaban J connectivity index is 2.69. The number of epoxide rings is 1. The maximum atomic E-state index is 5.74. The van der Waals surface area contributed by atoms with E-state index >= 15 is 0 Å². The van der Waals surface area contributed by atoms with E-state index in [1.807, 2.05) is 13.5 Å². The molecule has 0 spiro atoms. The van der Waals surface area contributed by atoms with Crippen LogP contribution in [-0.2, 0) is 18.3 Å². The van der Waals surface area contributed by atoms with Crippen molar-refractivity contribution in [2.75, 3.05) is 20.8 Å². The topological polar surface area (TPSA) is 40.2 Å². The van der Waals surface area contributed by atoms with E-state index in [-0.39, 0.29) is 6.10 Å². The first-order chi connectivity index (χ1) is 6.56. The molecule has 1 heterocycles. The minimum atomic E-state index is -2.36. The predicted molar refractivity (Wildman–Crippen MR) is 55.2 cm³/mol. The molecule has 0 bridgehead atoms. The average Bonchev–Trinajstić information content (AvgIpc) is 2.87. The van der Waals surface area contributed by atoms with Gasteiger partial charge in [-0.15, -0.1) is 0 Å². The van der Waals surface area contributed by atoms with Gasteiger partial charge in [-0.25, -0.2) is 0 Å². The molecule has 0 aromatic carbocycles. The predicted octanol–water partition coefficient (Wildman–Crippen LogP) is 1.43. The second-order valence-corrected chi connectivity index (χ2v) is 7.03. The van der Waals surface area contributed by atoms with Crippen molar-refractivity contribution < 1.29 is 18.3 Å². The van der Waals surface area contributed by atoms with Gasteiger partial charge in [-0.2, -0.15) is 0 Å². The van der Waals surface area contributed by atoms with Crippen LogP contribution in [0.3, 0.4) is 0 Å². The monoisotopic (exact) mass is 220 g/mol. The number of ether oxygens (including phenoxy) is 2. The van der Waals surface area contributed by atoms with Gasteiger partial charge in [0.1, 0.15) is 6.10 Å². The van der Waals surface area contributed by atoms with E-state index in [1.54, 1.807) is 14.2 Å². The van der Waals surface area contributed by atoms with Crippen LogP contribution in [0.15, 0.2) is 0 Å². The van der Waals surface area contributed by atoms with Crippen molar-refractivity contribution in [1.82, 2.24) is 0 Å². The number of rotatable bonds is 6. The maximum Gasteiger partial charge on any atom is 0.399 e. The van der Waals surface area contributed by atoms with Gasteiger partial charge in [-0.05, 0) is 19.9 Å². The van der Waals surface area contributed by atoms with Crippen LogP contribution in [0.1, 0.15) is 20.3 Å². The lowest BCUT2D eigenvalue weighted by atomic mass is 10.5. The third-order valence-electron chi connectivity index (χ3n) is 2.76. The van der Waals surface area contributed by atoms with Crippen molar-refractivity contribution in [1.29, 1.82) is 0 Å². The van der Waals surface area contributed by atoms with Crippen molar-refractivity contribution in [3.63, 3.8) is 0 Å². The Kier molecular flexibility index (Phi) is 3.71. The Hall–Kier alpha value is 0.0569. The molecule has 0 aliphatic carbocycles. The Morgan fingerprint density at radius 1 is 1.36 bits per heavy atom. The van der Waals surface area contributed by atoms with Crippen molar-refractivity contribution in [3.8, 4) is 0 Å². The van der Waals surface area contributed by atoms with E-state index in [4.69, 9.17) is 18.3 Å². The third-order valence-corrected chi connectivity index (χ3v) is 6.26. The van der Waals surface area contributed by atoms with Gasteiger partial charge >= 0.3 is 8.56 Å². The molecule has 0 aromatic rings. The van der Waals surface area contributed by atoms with Crippen molar-refractivity contribution in [2.45, 2.75) is 38.3 Å². The van der Waals surface area contributed by atoms with E-state index in [0.717, 1.165) is 6.42 Å². The Bertz CT molecular complexity index is 195. The average molecular weight is 220 g/mol. The molecule has 1 aliphatic rings. The van der Waals surface area contributed by atoms with Gasteiger partial charge < -0.3 is 18.3 Å². The zero-order valence-corrected chi connectivity index (χ0v) is 10.6. The molecule has 1 rings (SSSR count). The first-order valence-electron chi connectivity index (χ1n) is 4.98. The molecule has 14 heavy (non-hydrogen) atoms. The minimum absolute atomic E-state index is 0.0746. The summed E-state index contributed by atoms with van der Waals surface area (Å²) in [4.78, 5) is 0. The molecule has 0 radical (unpaired) electrons. The molecule has 4 nitrogen and oxygen atoms in total. The summed E-state index contributed by atoms with van der Waals surface area (Å²) in [6.45, 7) is 6.70. The van der Waals surface area contributed by atoms with Crippen LogP contribution in [0.25, 0.3) is 0 Å². The number of hydrogen-bond donors (Lipinski definition) is 0. The van der Waals surface area contributed by atoms with Crippen LogP contribution >= 0.6 is 0 Å². The summed E-state index contributed by atoms with van der Waals surface area (Å²) in [7, 11) is 0.949. The molecule has 5 heteroatoms. The summed E-state index contributed by atoms with van der Waals surface area (Å²) < 4.78 is 22.2. The summed E-state index contributed by atoms with van der Waals surface area (Å²) in [5.41, 5.74) is -0.591. The molecular weight excluding hydrogens is 200 g/mol. The second-order valence-electron chi connectivity index (χ2n) is 3.63. The highest BCUT2D eigenvalue weighted by Crippen LogP contribution is 2.45. The zero-order valence-electron chi connectivity index (χ0n) is 9.62. The fourth-order valence-corrected chi connectivity index (χ4v) is 3.84. The first-order valence-corrected chi connectivity index (χ1v) is 7.30. The van der Waals surface area contributed by atoms with Crippen LogP contribution in [0.2, 0.25) is 6.55 Å². The Morgan fingerprint density at radius 2 is 1.86 bits per heavy atom. The summed E-state index contributed by atoms with van der Waals surface area (Å²) in [6, 6.07) is 0. The van der Waals surface area contributed by atoms with Crippen molar-refractivity contribution >= 4 is 8.56 Å². The highest BCUT2D eigenvalue weighted by Gasteiger charge is 2.71. The van der Waals surface area contributed by atoms with Gasteiger partial charge in [0.15, 0.2) is 0 Å².